The second kappa shape index (κ2) is 5.27. The number of benzene rings is 1. The van der Waals surface area contributed by atoms with Crippen molar-refractivity contribution in [1.29, 1.82) is 0 Å². The highest BCUT2D eigenvalue weighted by molar-refractivity contribution is 6.29. The van der Waals surface area contributed by atoms with Crippen molar-refractivity contribution in [1.82, 2.24) is 4.98 Å². The standard InChI is InChI=1S/C12H6ClF3N2O/c13-10-3-6(1-2-17-10)12(19)18-7-4-8(14)11(16)9(15)5-7/h1-5H,(H,18,19). The van der Waals surface area contributed by atoms with Gasteiger partial charge in [-0.3, -0.25) is 4.79 Å². The van der Waals surface area contributed by atoms with E-state index in [9.17, 15) is 18.0 Å². The molecule has 1 amide bonds. The minimum absolute atomic E-state index is 0.101. The fourth-order valence-electron chi connectivity index (χ4n) is 1.37. The summed E-state index contributed by atoms with van der Waals surface area (Å²) in [6, 6.07) is 4.02. The molecule has 1 N–H and O–H groups in total. The molecule has 0 aliphatic heterocycles. The van der Waals surface area contributed by atoms with Crippen LogP contribution in [-0.4, -0.2) is 10.9 Å². The molecule has 0 spiro atoms. The number of hydrogen-bond acceptors (Lipinski definition) is 2. The number of halogens is 4. The summed E-state index contributed by atoms with van der Waals surface area (Å²) in [5.41, 5.74) is -0.0422. The Hall–Kier alpha value is -2.08. The van der Waals surface area contributed by atoms with Crippen LogP contribution in [0, 0.1) is 17.5 Å². The van der Waals surface area contributed by atoms with E-state index in [1.165, 1.54) is 18.3 Å². The Bertz CT molecular complexity index is 626. The number of amides is 1. The maximum atomic E-state index is 13.0. The summed E-state index contributed by atoms with van der Waals surface area (Å²) < 4.78 is 38.7. The summed E-state index contributed by atoms with van der Waals surface area (Å²) in [4.78, 5) is 15.4. The lowest BCUT2D eigenvalue weighted by molar-refractivity contribution is 0.102. The van der Waals surface area contributed by atoms with Crippen molar-refractivity contribution in [2.24, 2.45) is 0 Å². The Labute approximate surface area is 111 Å². The molecular weight excluding hydrogens is 281 g/mol. The number of carbonyl (C=O) groups excluding carboxylic acids is 1. The molecule has 1 aromatic carbocycles. The number of nitrogens with zero attached hydrogens (tertiary/aromatic N) is 1. The van der Waals surface area contributed by atoms with Crippen molar-refractivity contribution < 1.29 is 18.0 Å². The zero-order valence-electron chi connectivity index (χ0n) is 9.25. The predicted molar refractivity (Wildman–Crippen MR) is 63.5 cm³/mol. The third kappa shape index (κ3) is 3.03. The molecule has 3 nitrogen and oxygen atoms in total. The van der Waals surface area contributed by atoms with E-state index in [1.807, 2.05) is 0 Å². The Morgan fingerprint density at radius 3 is 2.37 bits per heavy atom. The van der Waals surface area contributed by atoms with Crippen LogP contribution in [0.4, 0.5) is 18.9 Å². The van der Waals surface area contributed by atoms with Gasteiger partial charge in [0.25, 0.3) is 5.91 Å². The summed E-state index contributed by atoms with van der Waals surface area (Å²) in [7, 11) is 0. The minimum Gasteiger partial charge on any atom is -0.322 e. The summed E-state index contributed by atoms with van der Waals surface area (Å²) in [6.45, 7) is 0. The lowest BCUT2D eigenvalue weighted by Gasteiger charge is -2.06. The molecule has 0 saturated heterocycles. The zero-order valence-corrected chi connectivity index (χ0v) is 10.0. The third-order valence-electron chi connectivity index (χ3n) is 2.23. The van der Waals surface area contributed by atoms with Crippen LogP contribution in [-0.2, 0) is 0 Å². The Kier molecular flexibility index (Phi) is 3.71. The summed E-state index contributed by atoms with van der Waals surface area (Å²) >= 11 is 5.60. The van der Waals surface area contributed by atoms with Crippen LogP contribution in [0.15, 0.2) is 30.5 Å². The Morgan fingerprint density at radius 1 is 1.16 bits per heavy atom. The van der Waals surface area contributed by atoms with Crippen molar-refractivity contribution in [2.75, 3.05) is 5.32 Å². The SMILES string of the molecule is O=C(Nc1cc(F)c(F)c(F)c1)c1ccnc(Cl)c1. The van der Waals surface area contributed by atoms with E-state index in [1.54, 1.807) is 0 Å². The van der Waals surface area contributed by atoms with E-state index >= 15 is 0 Å². The second-order valence-electron chi connectivity index (χ2n) is 3.58. The van der Waals surface area contributed by atoms with Crippen molar-refractivity contribution in [3.05, 3.63) is 58.6 Å². The van der Waals surface area contributed by atoms with Gasteiger partial charge in [-0.05, 0) is 12.1 Å². The van der Waals surface area contributed by atoms with E-state index in [-0.39, 0.29) is 16.4 Å². The van der Waals surface area contributed by atoms with Crippen molar-refractivity contribution in [3.63, 3.8) is 0 Å². The summed E-state index contributed by atoms with van der Waals surface area (Å²) in [5.74, 6) is -5.01. The number of nitrogens with one attached hydrogen (secondary N) is 1. The van der Waals surface area contributed by atoms with Gasteiger partial charge in [-0.1, -0.05) is 11.6 Å². The molecule has 0 aliphatic rings. The molecule has 2 rings (SSSR count). The van der Waals surface area contributed by atoms with Crippen molar-refractivity contribution >= 4 is 23.2 Å². The van der Waals surface area contributed by atoms with Crippen molar-refractivity contribution in [3.8, 4) is 0 Å². The molecule has 7 heteroatoms. The van der Waals surface area contributed by atoms with Crippen molar-refractivity contribution in [2.45, 2.75) is 0 Å². The third-order valence-corrected chi connectivity index (χ3v) is 2.44. The van der Waals surface area contributed by atoms with Crippen LogP contribution >= 0.6 is 11.6 Å². The molecule has 0 atom stereocenters. The fraction of sp³-hybridized carbons (Fsp3) is 0. The molecular formula is C12H6ClF3N2O. The lowest BCUT2D eigenvalue weighted by Crippen LogP contribution is -2.12. The second-order valence-corrected chi connectivity index (χ2v) is 3.96. The van der Waals surface area contributed by atoms with Gasteiger partial charge in [0.1, 0.15) is 5.15 Å². The molecule has 98 valence electrons. The molecule has 0 bridgehead atoms. The molecule has 19 heavy (non-hydrogen) atoms. The van der Waals surface area contributed by atoms with E-state index in [4.69, 9.17) is 11.6 Å². The van der Waals surface area contributed by atoms with Crippen LogP contribution in [0.3, 0.4) is 0 Å². The monoisotopic (exact) mass is 286 g/mol. The number of carbonyl (C=O) groups is 1. The molecule has 0 unspecified atom stereocenters. The highest BCUT2D eigenvalue weighted by Crippen LogP contribution is 2.18. The van der Waals surface area contributed by atoms with Gasteiger partial charge in [0.2, 0.25) is 0 Å². The van der Waals surface area contributed by atoms with Gasteiger partial charge >= 0.3 is 0 Å². The van der Waals surface area contributed by atoms with Gasteiger partial charge < -0.3 is 5.32 Å². The van der Waals surface area contributed by atoms with E-state index in [0.717, 1.165) is 0 Å². The first kappa shape index (κ1) is 13.4. The first-order chi connectivity index (χ1) is 8.97. The number of aromatic nitrogens is 1. The average molecular weight is 287 g/mol. The van der Waals surface area contributed by atoms with Crippen LogP contribution in [0.2, 0.25) is 5.15 Å². The largest absolute Gasteiger partial charge is 0.322 e. The lowest BCUT2D eigenvalue weighted by atomic mass is 10.2. The highest BCUT2D eigenvalue weighted by atomic mass is 35.5. The first-order valence-electron chi connectivity index (χ1n) is 5.05. The smallest absolute Gasteiger partial charge is 0.255 e. The van der Waals surface area contributed by atoms with Crippen LogP contribution in [0.1, 0.15) is 10.4 Å². The van der Waals surface area contributed by atoms with Gasteiger partial charge in [-0.25, -0.2) is 18.2 Å². The van der Waals surface area contributed by atoms with Crippen LogP contribution in [0.25, 0.3) is 0 Å². The summed E-state index contributed by atoms with van der Waals surface area (Å²) in [5, 5.41) is 2.32. The Balaban J connectivity index is 2.24. The molecule has 1 heterocycles. The number of rotatable bonds is 2. The highest BCUT2D eigenvalue weighted by Gasteiger charge is 2.13. The predicted octanol–water partition coefficient (Wildman–Crippen LogP) is 3.40. The first-order valence-corrected chi connectivity index (χ1v) is 5.42. The topological polar surface area (TPSA) is 42.0 Å². The van der Waals surface area contributed by atoms with E-state index < -0.39 is 23.4 Å². The Morgan fingerprint density at radius 2 is 1.79 bits per heavy atom. The minimum atomic E-state index is -1.59. The van der Waals surface area contributed by atoms with Gasteiger partial charge in [0, 0.05) is 29.6 Å². The molecule has 0 aliphatic carbocycles. The number of hydrogen-bond donors (Lipinski definition) is 1. The zero-order chi connectivity index (χ0) is 14.0. The molecule has 2 aromatic rings. The van der Waals surface area contributed by atoms with Crippen LogP contribution in [0.5, 0.6) is 0 Å². The summed E-state index contributed by atoms with van der Waals surface area (Å²) in [6.07, 6.45) is 1.31. The van der Waals surface area contributed by atoms with Gasteiger partial charge in [-0.2, -0.15) is 0 Å². The number of pyridine rings is 1. The molecule has 0 fully saturated rings. The molecule has 0 saturated carbocycles. The average Bonchev–Trinajstić information content (AvgIpc) is 2.36. The normalized spacial score (nSPS) is 10.3. The fourth-order valence-corrected chi connectivity index (χ4v) is 1.55. The van der Waals surface area contributed by atoms with Crippen LogP contribution < -0.4 is 5.32 Å². The number of anilines is 1. The maximum absolute atomic E-state index is 13.0. The maximum Gasteiger partial charge on any atom is 0.255 e. The van der Waals surface area contributed by atoms with E-state index in [2.05, 4.69) is 10.3 Å². The van der Waals surface area contributed by atoms with Gasteiger partial charge in [-0.15, -0.1) is 0 Å². The van der Waals surface area contributed by atoms with E-state index in [0.29, 0.717) is 12.1 Å². The molecule has 1 aromatic heterocycles. The van der Waals surface area contributed by atoms with Gasteiger partial charge in [0.05, 0.1) is 0 Å². The van der Waals surface area contributed by atoms with Gasteiger partial charge in [0.15, 0.2) is 17.5 Å². The molecule has 0 radical (unpaired) electrons. The quantitative estimate of drug-likeness (QED) is 0.679.